The Morgan fingerprint density at radius 1 is 1.05 bits per heavy atom. The van der Waals surface area contributed by atoms with Crippen molar-refractivity contribution in [2.24, 2.45) is 5.73 Å². The molecule has 2 rings (SSSR count). The van der Waals surface area contributed by atoms with E-state index < -0.39 is 41.3 Å². The number of benzene rings is 2. The molecule has 0 aromatic heterocycles. The van der Waals surface area contributed by atoms with Crippen LogP contribution in [0.5, 0.6) is 17.2 Å². The Morgan fingerprint density at radius 3 is 2.34 bits per heavy atom. The minimum absolute atomic E-state index is 0.0248. The molecule has 0 spiro atoms. The van der Waals surface area contributed by atoms with Crippen LogP contribution in [-0.2, 0) is 14.5 Å². The number of nitrogens with zero attached hydrogens (tertiary/aromatic N) is 2. The van der Waals surface area contributed by atoms with Crippen molar-refractivity contribution in [2.45, 2.75) is 12.6 Å². The van der Waals surface area contributed by atoms with Crippen LogP contribution in [0.25, 0.3) is 0 Å². The summed E-state index contributed by atoms with van der Waals surface area (Å²) < 4.78 is 42.3. The zero-order valence-electron chi connectivity index (χ0n) is 19.6. The van der Waals surface area contributed by atoms with Gasteiger partial charge >= 0.3 is 12.1 Å². The van der Waals surface area contributed by atoms with Crippen molar-refractivity contribution in [3.63, 3.8) is 0 Å². The van der Waals surface area contributed by atoms with Crippen molar-refractivity contribution in [1.29, 1.82) is 5.41 Å². The SMILES string of the molecule is CN(CC(=O)c1ccc(O)c(O)c1)C(=O)c1cc(Cl)cc(OCCCON(OC(=O)C(F)(F)F)C(=N)N)c1. The number of likely N-dealkylation sites (N-methyl/N-ethyl adjacent to an activating group) is 1. The van der Waals surface area contributed by atoms with Gasteiger partial charge in [-0.1, -0.05) is 11.6 Å². The molecule has 0 bridgehead atoms. The zero-order valence-corrected chi connectivity index (χ0v) is 20.4. The van der Waals surface area contributed by atoms with Crippen LogP contribution in [0, 0.1) is 5.41 Å². The lowest BCUT2D eigenvalue weighted by molar-refractivity contribution is -0.317. The average molecular weight is 563 g/mol. The van der Waals surface area contributed by atoms with Gasteiger partial charge in [0.2, 0.25) is 0 Å². The van der Waals surface area contributed by atoms with Crippen LogP contribution in [0.1, 0.15) is 27.1 Å². The maximum absolute atomic E-state index is 12.8. The fourth-order valence-corrected chi connectivity index (χ4v) is 2.96. The van der Waals surface area contributed by atoms with E-state index in [2.05, 4.69) is 4.84 Å². The quantitative estimate of drug-likeness (QED) is 0.0840. The first-order chi connectivity index (χ1) is 17.7. The number of phenolic OH excluding ortho intramolecular Hbond substituents is 2. The summed E-state index contributed by atoms with van der Waals surface area (Å²) in [7, 11) is 1.37. The van der Waals surface area contributed by atoms with Gasteiger partial charge in [-0.15, -0.1) is 0 Å². The molecule has 16 heteroatoms. The molecule has 0 radical (unpaired) electrons. The van der Waals surface area contributed by atoms with Gasteiger partial charge in [-0.05, 0) is 41.6 Å². The number of guanidine groups is 1. The number of nitrogens with one attached hydrogen (secondary N) is 1. The highest BCUT2D eigenvalue weighted by molar-refractivity contribution is 6.31. The third-order valence-corrected chi connectivity index (χ3v) is 4.72. The number of Topliss-reactive ketones (excluding diaryl/α,β-unsaturated/α-hetero) is 1. The molecule has 206 valence electrons. The molecule has 0 saturated heterocycles. The number of amides is 1. The van der Waals surface area contributed by atoms with Crippen LogP contribution in [0.4, 0.5) is 13.2 Å². The van der Waals surface area contributed by atoms with E-state index in [1.807, 2.05) is 0 Å². The number of hydroxylamine groups is 2. The Kier molecular flexibility index (Phi) is 10.1. The molecular weight excluding hydrogens is 541 g/mol. The molecular formula is C22H22ClF3N4O8. The van der Waals surface area contributed by atoms with Crippen molar-refractivity contribution in [1.82, 2.24) is 10.1 Å². The Balaban J connectivity index is 1.92. The van der Waals surface area contributed by atoms with Gasteiger partial charge in [-0.2, -0.15) is 13.2 Å². The van der Waals surface area contributed by atoms with Gasteiger partial charge in [0, 0.05) is 29.6 Å². The predicted molar refractivity (Wildman–Crippen MR) is 124 cm³/mol. The van der Waals surface area contributed by atoms with E-state index in [9.17, 15) is 37.8 Å². The van der Waals surface area contributed by atoms with E-state index in [1.165, 1.54) is 31.3 Å². The van der Waals surface area contributed by atoms with Crippen LogP contribution in [0.15, 0.2) is 36.4 Å². The zero-order chi connectivity index (χ0) is 28.6. The highest BCUT2D eigenvalue weighted by atomic mass is 35.5. The molecule has 0 atom stereocenters. The number of aromatic hydroxyl groups is 2. The first-order valence-corrected chi connectivity index (χ1v) is 10.9. The van der Waals surface area contributed by atoms with Crippen LogP contribution in [-0.4, -0.2) is 76.9 Å². The molecule has 1 amide bonds. The van der Waals surface area contributed by atoms with Gasteiger partial charge in [-0.3, -0.25) is 15.0 Å². The number of hydrogen-bond donors (Lipinski definition) is 4. The number of carbonyl (C=O) groups is 3. The second kappa shape index (κ2) is 12.8. The van der Waals surface area contributed by atoms with Crippen molar-refractivity contribution < 1.29 is 52.2 Å². The summed E-state index contributed by atoms with van der Waals surface area (Å²) in [6, 6.07) is 7.57. The molecule has 38 heavy (non-hydrogen) atoms. The summed E-state index contributed by atoms with van der Waals surface area (Å²) in [5.41, 5.74) is 5.17. The molecule has 5 N–H and O–H groups in total. The Hall–Kier alpha value is -4.24. The molecule has 0 aliphatic rings. The summed E-state index contributed by atoms with van der Waals surface area (Å²) in [6.45, 7) is -0.811. The Morgan fingerprint density at radius 2 is 1.74 bits per heavy atom. The van der Waals surface area contributed by atoms with Gasteiger partial charge in [0.05, 0.1) is 19.8 Å². The highest BCUT2D eigenvalue weighted by Crippen LogP contribution is 2.26. The largest absolute Gasteiger partial charge is 0.504 e. The van der Waals surface area contributed by atoms with Crippen molar-refractivity contribution in [3.8, 4) is 17.2 Å². The van der Waals surface area contributed by atoms with E-state index in [-0.39, 0.29) is 53.3 Å². The van der Waals surface area contributed by atoms with Crippen LogP contribution in [0.3, 0.4) is 0 Å². The molecule has 2 aromatic carbocycles. The minimum atomic E-state index is -5.32. The molecule has 0 saturated carbocycles. The lowest BCUT2D eigenvalue weighted by Gasteiger charge is -2.20. The van der Waals surface area contributed by atoms with Crippen molar-refractivity contribution in [2.75, 3.05) is 26.8 Å². The minimum Gasteiger partial charge on any atom is -0.504 e. The number of ketones is 1. The standard InChI is InChI=1S/C22H22ClF3N4O8/c1-29(11-18(33)12-3-4-16(31)17(32)9-12)19(34)13-7-14(23)10-15(8-13)36-5-2-6-37-30(21(27)28)38-20(35)22(24,25)26/h3-4,7-10,31-32H,2,5-6,11H2,1H3,(H3,27,28). The molecule has 12 nitrogen and oxygen atoms in total. The maximum Gasteiger partial charge on any atom is 0.493 e. The lowest BCUT2D eigenvalue weighted by Crippen LogP contribution is -2.42. The number of halogens is 4. The van der Waals surface area contributed by atoms with Crippen LogP contribution in [0.2, 0.25) is 5.02 Å². The van der Waals surface area contributed by atoms with Gasteiger partial charge < -0.3 is 30.4 Å². The number of rotatable bonds is 10. The van der Waals surface area contributed by atoms with E-state index in [1.54, 1.807) is 0 Å². The molecule has 0 fully saturated rings. The topological polar surface area (TPSA) is 176 Å². The van der Waals surface area contributed by atoms with Gasteiger partial charge in [-0.25, -0.2) is 9.63 Å². The maximum atomic E-state index is 12.8. The molecule has 0 aliphatic carbocycles. The summed E-state index contributed by atoms with van der Waals surface area (Å²) in [6.07, 6.45) is -5.30. The highest BCUT2D eigenvalue weighted by Gasteiger charge is 2.43. The molecule has 0 aliphatic heterocycles. The molecule has 0 heterocycles. The number of nitrogens with two attached hydrogens (primary N) is 1. The first kappa shape index (κ1) is 30.0. The molecule has 0 unspecified atom stereocenters. The monoisotopic (exact) mass is 562 g/mol. The van der Waals surface area contributed by atoms with Gasteiger partial charge in [0.15, 0.2) is 17.3 Å². The number of ether oxygens (including phenoxy) is 1. The third-order valence-electron chi connectivity index (χ3n) is 4.50. The summed E-state index contributed by atoms with van der Waals surface area (Å²) in [5, 5.41) is 26.0. The van der Waals surface area contributed by atoms with E-state index in [0.29, 0.717) is 0 Å². The average Bonchev–Trinajstić information content (AvgIpc) is 2.82. The normalized spacial score (nSPS) is 11.0. The van der Waals surface area contributed by atoms with E-state index in [4.69, 9.17) is 32.3 Å². The smallest absolute Gasteiger partial charge is 0.493 e. The van der Waals surface area contributed by atoms with Gasteiger partial charge in [0.1, 0.15) is 5.75 Å². The number of phenols is 2. The third kappa shape index (κ3) is 8.70. The summed E-state index contributed by atoms with van der Waals surface area (Å²) in [4.78, 5) is 45.8. The van der Waals surface area contributed by atoms with Crippen molar-refractivity contribution in [3.05, 3.63) is 52.5 Å². The second-order valence-corrected chi connectivity index (χ2v) is 7.95. The van der Waals surface area contributed by atoms with E-state index in [0.717, 1.165) is 17.0 Å². The number of hydrogen-bond acceptors (Lipinski definition) is 9. The fraction of sp³-hybridized carbons (Fsp3) is 0.273. The molecule has 2 aromatic rings. The van der Waals surface area contributed by atoms with Gasteiger partial charge in [0.25, 0.3) is 11.9 Å². The summed E-state index contributed by atoms with van der Waals surface area (Å²) in [5.74, 6) is -5.56. The Bertz CT molecular complexity index is 1210. The van der Waals surface area contributed by atoms with Crippen molar-refractivity contribution >= 4 is 35.2 Å². The predicted octanol–water partition coefficient (Wildman–Crippen LogP) is 2.62. The van der Waals surface area contributed by atoms with E-state index >= 15 is 0 Å². The number of alkyl halides is 3. The Labute approximate surface area is 218 Å². The van der Waals surface area contributed by atoms with Crippen LogP contribution < -0.4 is 10.5 Å². The lowest BCUT2D eigenvalue weighted by atomic mass is 10.1. The number of carbonyl (C=O) groups excluding carboxylic acids is 3. The first-order valence-electron chi connectivity index (χ1n) is 10.5. The fourth-order valence-electron chi connectivity index (χ4n) is 2.73. The second-order valence-electron chi connectivity index (χ2n) is 7.52. The summed E-state index contributed by atoms with van der Waals surface area (Å²) >= 11 is 6.06. The van der Waals surface area contributed by atoms with Crippen LogP contribution >= 0.6 is 11.6 Å².